The normalized spacial score (nSPS) is 52.8. The molecule has 210 valence electrons. The lowest BCUT2D eigenvalue weighted by atomic mass is 9.45. The summed E-state index contributed by atoms with van der Waals surface area (Å²) in [5.74, 6) is 4.44. The maximum Gasteiger partial charge on any atom is 0.302 e. The zero-order valence-electron chi connectivity index (χ0n) is 23.6. The topological polar surface area (TPSA) is 61.8 Å². The van der Waals surface area contributed by atoms with Crippen LogP contribution in [-0.2, 0) is 23.8 Å². The molecule has 4 aliphatic carbocycles. The van der Waals surface area contributed by atoms with Crippen LogP contribution in [0.25, 0.3) is 0 Å². The van der Waals surface area contributed by atoms with Gasteiger partial charge in [-0.2, -0.15) is 0 Å². The quantitative estimate of drug-likeness (QED) is 0.351. The first kappa shape index (κ1) is 26.4. The number of fused-ring (bicyclic) bond motifs is 7. The van der Waals surface area contributed by atoms with Gasteiger partial charge in [-0.3, -0.25) is 9.59 Å². The predicted molar refractivity (Wildman–Crippen MR) is 151 cm³/mol. The molecule has 3 heterocycles. The summed E-state index contributed by atoms with van der Waals surface area (Å²) in [4.78, 5) is 25.9. The maximum absolute atomic E-state index is 13.3. The summed E-state index contributed by atoms with van der Waals surface area (Å²) < 4.78 is 19.5. The van der Waals surface area contributed by atoms with E-state index in [1.165, 1.54) is 5.57 Å². The van der Waals surface area contributed by atoms with Gasteiger partial charge in [0, 0.05) is 42.1 Å². The van der Waals surface area contributed by atoms with E-state index in [4.69, 9.17) is 14.2 Å². The molecule has 2 spiro atoms. The van der Waals surface area contributed by atoms with Gasteiger partial charge in [0.2, 0.25) is 0 Å². The van der Waals surface area contributed by atoms with Gasteiger partial charge in [0.05, 0.1) is 12.7 Å². The van der Waals surface area contributed by atoms with Gasteiger partial charge in [0.25, 0.3) is 0 Å². The molecule has 0 aromatic heterocycles. The standard InChI is InChI=1S/C31H44O5S2/c1-17-8-9-30(34-15-17)18(2)27-24(36-30)13-23-21-7-6-20-12-25(33)31(37-10-11-38-31)16-28(20,4)22(21)14-26(29(23,27)5)35-19(3)32/h12,17-18,21-24,26-27H,6-11,13-16H2,1-5H3/t17?,18-,21?,22?,23?,24?,26-,27?,28-,29+,30?/m0/s1. The number of ketones is 1. The molecule has 0 N–H and O–H groups in total. The number of carbonyl (C=O) groups is 2. The molecule has 7 aliphatic rings. The van der Waals surface area contributed by atoms with Crippen molar-refractivity contribution in [2.45, 2.75) is 102 Å². The highest BCUT2D eigenvalue weighted by Crippen LogP contribution is 2.72. The highest BCUT2D eigenvalue weighted by molar-refractivity contribution is 8.22. The van der Waals surface area contributed by atoms with E-state index in [1.807, 2.05) is 29.6 Å². The molecule has 0 radical (unpaired) electrons. The number of ether oxygens (including phenoxy) is 3. The fourth-order valence-corrected chi connectivity index (χ4v) is 14.0. The number of thioether (sulfide) groups is 2. The minimum Gasteiger partial charge on any atom is -0.462 e. The van der Waals surface area contributed by atoms with Crippen molar-refractivity contribution in [1.29, 1.82) is 0 Å². The van der Waals surface area contributed by atoms with Crippen LogP contribution in [0.4, 0.5) is 0 Å². The van der Waals surface area contributed by atoms with Gasteiger partial charge in [0.15, 0.2) is 11.6 Å². The van der Waals surface area contributed by atoms with Crippen LogP contribution in [0.2, 0.25) is 0 Å². The number of hydrogen-bond donors (Lipinski definition) is 0. The Labute approximate surface area is 236 Å². The van der Waals surface area contributed by atoms with Gasteiger partial charge < -0.3 is 14.2 Å². The molecular formula is C31H44O5S2. The molecule has 0 bridgehead atoms. The Hall–Kier alpha value is -0.500. The third kappa shape index (κ3) is 3.46. The highest BCUT2D eigenvalue weighted by Gasteiger charge is 2.72. The third-order valence-electron chi connectivity index (χ3n) is 12.4. The molecule has 38 heavy (non-hydrogen) atoms. The third-order valence-corrected chi connectivity index (χ3v) is 15.8. The van der Waals surface area contributed by atoms with Crippen molar-refractivity contribution >= 4 is 35.3 Å². The van der Waals surface area contributed by atoms with E-state index < -0.39 is 5.79 Å². The SMILES string of the molecule is CC(=O)O[C@H]1CC2C(CCC3=CC(=O)C4(C[C@@]32C)SCCS4)C2CC3OC4(CCC(C)CO4)[C@@H](C)C3[C@]21C. The number of carbonyl (C=O) groups excluding carboxylic acids is 2. The van der Waals surface area contributed by atoms with E-state index in [2.05, 4.69) is 27.7 Å². The molecule has 3 saturated heterocycles. The molecule has 3 aliphatic heterocycles. The second-order valence-electron chi connectivity index (χ2n) is 14.2. The molecule has 7 unspecified atom stereocenters. The molecule has 7 heteroatoms. The highest BCUT2D eigenvalue weighted by atomic mass is 32.2. The molecule has 5 nitrogen and oxygen atoms in total. The van der Waals surface area contributed by atoms with Gasteiger partial charge in [-0.05, 0) is 73.7 Å². The molecule has 6 fully saturated rings. The maximum atomic E-state index is 13.3. The van der Waals surface area contributed by atoms with Crippen molar-refractivity contribution in [3.63, 3.8) is 0 Å². The van der Waals surface area contributed by atoms with Crippen molar-refractivity contribution in [2.24, 2.45) is 46.3 Å². The number of esters is 1. The van der Waals surface area contributed by atoms with E-state index in [-0.39, 0.29) is 39.0 Å². The van der Waals surface area contributed by atoms with Crippen molar-refractivity contribution in [3.05, 3.63) is 11.6 Å². The smallest absolute Gasteiger partial charge is 0.302 e. The first-order chi connectivity index (χ1) is 18.0. The minimum absolute atomic E-state index is 0.0189. The summed E-state index contributed by atoms with van der Waals surface area (Å²) in [7, 11) is 0. The van der Waals surface area contributed by atoms with E-state index in [0.717, 1.165) is 63.1 Å². The van der Waals surface area contributed by atoms with Crippen LogP contribution < -0.4 is 0 Å². The van der Waals surface area contributed by atoms with Crippen LogP contribution in [0, 0.1) is 46.3 Å². The number of hydrogen-bond acceptors (Lipinski definition) is 7. The van der Waals surface area contributed by atoms with Gasteiger partial charge in [-0.15, -0.1) is 23.5 Å². The van der Waals surface area contributed by atoms with Gasteiger partial charge in [0.1, 0.15) is 10.2 Å². The summed E-state index contributed by atoms with van der Waals surface area (Å²) in [6.07, 6.45) is 9.19. The Kier molecular flexibility index (Phi) is 6.08. The van der Waals surface area contributed by atoms with Gasteiger partial charge in [-0.25, -0.2) is 0 Å². The fraction of sp³-hybridized carbons (Fsp3) is 0.871. The average Bonchev–Trinajstić information content (AvgIpc) is 3.52. The first-order valence-corrected chi connectivity index (χ1v) is 17.0. The summed E-state index contributed by atoms with van der Waals surface area (Å²) in [5.41, 5.74) is 1.22. The predicted octanol–water partition coefficient (Wildman–Crippen LogP) is 6.25. The monoisotopic (exact) mass is 560 g/mol. The summed E-state index contributed by atoms with van der Waals surface area (Å²) in [5, 5.41) is 0. The molecule has 0 aromatic rings. The number of rotatable bonds is 1. The molecule has 3 saturated carbocycles. The van der Waals surface area contributed by atoms with Crippen LogP contribution in [0.15, 0.2) is 11.6 Å². The van der Waals surface area contributed by atoms with Crippen LogP contribution in [0.5, 0.6) is 0 Å². The van der Waals surface area contributed by atoms with Gasteiger partial charge >= 0.3 is 5.97 Å². The Morgan fingerprint density at radius 3 is 2.55 bits per heavy atom. The molecule has 7 rings (SSSR count). The van der Waals surface area contributed by atoms with E-state index in [0.29, 0.717) is 35.4 Å². The minimum atomic E-state index is -0.477. The second kappa shape index (κ2) is 8.75. The van der Waals surface area contributed by atoms with Crippen LogP contribution >= 0.6 is 23.5 Å². The Morgan fingerprint density at radius 2 is 1.87 bits per heavy atom. The van der Waals surface area contributed by atoms with Crippen LogP contribution in [-0.4, -0.2) is 51.9 Å². The fourth-order valence-electron chi connectivity index (χ4n) is 10.7. The second-order valence-corrected chi connectivity index (χ2v) is 17.2. The summed E-state index contributed by atoms with van der Waals surface area (Å²) in [6, 6.07) is 0. The van der Waals surface area contributed by atoms with Crippen LogP contribution in [0.1, 0.15) is 79.6 Å². The first-order valence-electron chi connectivity index (χ1n) is 15.0. The Bertz CT molecular complexity index is 1060. The molecule has 0 aromatic carbocycles. The lowest BCUT2D eigenvalue weighted by Crippen LogP contribution is -2.60. The zero-order valence-corrected chi connectivity index (χ0v) is 25.3. The molecular weight excluding hydrogens is 516 g/mol. The summed E-state index contributed by atoms with van der Waals surface area (Å²) >= 11 is 3.75. The number of allylic oxidation sites excluding steroid dienone is 1. The zero-order chi connectivity index (χ0) is 26.7. The van der Waals surface area contributed by atoms with E-state index >= 15 is 0 Å². The lowest BCUT2D eigenvalue weighted by Gasteiger charge is -2.61. The van der Waals surface area contributed by atoms with Crippen molar-refractivity contribution in [1.82, 2.24) is 0 Å². The van der Waals surface area contributed by atoms with Crippen molar-refractivity contribution < 1.29 is 23.8 Å². The molecule has 0 amide bonds. The van der Waals surface area contributed by atoms with E-state index in [9.17, 15) is 9.59 Å². The van der Waals surface area contributed by atoms with E-state index in [1.54, 1.807) is 6.92 Å². The van der Waals surface area contributed by atoms with Gasteiger partial charge in [-0.1, -0.05) is 33.3 Å². The lowest BCUT2D eigenvalue weighted by molar-refractivity contribution is -0.274. The largest absolute Gasteiger partial charge is 0.462 e. The van der Waals surface area contributed by atoms with Crippen molar-refractivity contribution in [3.8, 4) is 0 Å². The average molecular weight is 561 g/mol. The Balaban J connectivity index is 1.25. The molecule has 11 atom stereocenters. The van der Waals surface area contributed by atoms with Crippen LogP contribution in [0.3, 0.4) is 0 Å². The van der Waals surface area contributed by atoms with Crippen molar-refractivity contribution in [2.75, 3.05) is 18.1 Å². The summed E-state index contributed by atoms with van der Waals surface area (Å²) in [6.45, 7) is 11.8. The Morgan fingerprint density at radius 1 is 1.11 bits per heavy atom.